The highest BCUT2D eigenvalue weighted by atomic mass is 35.5. The lowest BCUT2D eigenvalue weighted by atomic mass is 10.0. The molecule has 3 heteroatoms. The Morgan fingerprint density at radius 2 is 2.12 bits per heavy atom. The minimum atomic E-state index is -0.0888. The second kappa shape index (κ2) is 5.30. The number of aromatic nitrogens is 1. The van der Waals surface area contributed by atoms with Crippen LogP contribution >= 0.6 is 11.6 Å². The third-order valence-corrected chi connectivity index (χ3v) is 2.89. The summed E-state index contributed by atoms with van der Waals surface area (Å²) in [7, 11) is 0. The maximum atomic E-state index is 6.12. The monoisotopic (exact) mass is 246 g/mol. The Balaban J connectivity index is 2.11. The van der Waals surface area contributed by atoms with Crippen LogP contribution in [0.15, 0.2) is 42.6 Å². The lowest BCUT2D eigenvalue weighted by Gasteiger charge is -2.11. The molecular weight excluding hydrogens is 232 g/mol. The molecule has 0 bridgehead atoms. The molecule has 88 valence electrons. The van der Waals surface area contributed by atoms with Crippen molar-refractivity contribution in [1.82, 2.24) is 4.98 Å². The van der Waals surface area contributed by atoms with E-state index in [4.69, 9.17) is 17.3 Å². The molecule has 0 aliphatic rings. The second-order valence-corrected chi connectivity index (χ2v) is 4.64. The minimum absolute atomic E-state index is 0.0888. The van der Waals surface area contributed by atoms with E-state index in [0.717, 1.165) is 12.1 Å². The Morgan fingerprint density at radius 3 is 2.76 bits per heavy atom. The van der Waals surface area contributed by atoms with E-state index in [1.165, 1.54) is 11.1 Å². The van der Waals surface area contributed by atoms with Gasteiger partial charge in [-0.15, -0.1) is 0 Å². The Hall–Kier alpha value is -1.38. The van der Waals surface area contributed by atoms with Gasteiger partial charge < -0.3 is 5.73 Å². The van der Waals surface area contributed by atoms with Crippen LogP contribution in [-0.4, -0.2) is 4.98 Å². The first-order chi connectivity index (χ1) is 8.15. The second-order valence-electron chi connectivity index (χ2n) is 4.20. The van der Waals surface area contributed by atoms with Crippen LogP contribution in [0, 0.1) is 6.92 Å². The minimum Gasteiger partial charge on any atom is -0.322 e. The third-order valence-electron chi connectivity index (χ3n) is 2.67. The lowest BCUT2D eigenvalue weighted by Crippen LogP contribution is -2.14. The van der Waals surface area contributed by atoms with Crippen LogP contribution in [0.5, 0.6) is 0 Å². The summed E-state index contributed by atoms with van der Waals surface area (Å²) in [4.78, 5) is 4.24. The van der Waals surface area contributed by atoms with Crippen molar-refractivity contribution in [2.24, 2.45) is 5.73 Å². The third kappa shape index (κ3) is 3.29. The standard InChI is InChI=1S/C14H15ClN2/c1-10-3-2-4-11(7-10)8-13(16)14-6-5-12(15)9-17-14/h2-7,9,13H,8,16H2,1H3. The molecule has 1 aromatic heterocycles. The molecule has 0 radical (unpaired) electrons. The van der Waals surface area contributed by atoms with E-state index < -0.39 is 0 Å². The first kappa shape index (κ1) is 12.1. The number of pyridine rings is 1. The first-order valence-electron chi connectivity index (χ1n) is 5.58. The maximum absolute atomic E-state index is 6.12. The number of halogens is 1. The van der Waals surface area contributed by atoms with E-state index in [1.54, 1.807) is 6.20 Å². The zero-order valence-corrected chi connectivity index (χ0v) is 10.5. The number of hydrogen-bond donors (Lipinski definition) is 1. The van der Waals surface area contributed by atoms with Gasteiger partial charge in [0, 0.05) is 6.20 Å². The highest BCUT2D eigenvalue weighted by molar-refractivity contribution is 6.30. The molecule has 2 rings (SSSR count). The van der Waals surface area contributed by atoms with Crippen molar-refractivity contribution in [3.63, 3.8) is 0 Å². The summed E-state index contributed by atoms with van der Waals surface area (Å²) in [5, 5.41) is 0.636. The summed E-state index contributed by atoms with van der Waals surface area (Å²) in [6, 6.07) is 12.0. The van der Waals surface area contributed by atoms with Crippen LogP contribution in [0.25, 0.3) is 0 Å². The molecule has 0 saturated carbocycles. The highest BCUT2D eigenvalue weighted by Gasteiger charge is 2.08. The van der Waals surface area contributed by atoms with E-state index in [-0.39, 0.29) is 6.04 Å². The van der Waals surface area contributed by atoms with Gasteiger partial charge >= 0.3 is 0 Å². The van der Waals surface area contributed by atoms with Gasteiger partial charge in [0.15, 0.2) is 0 Å². The predicted molar refractivity (Wildman–Crippen MR) is 71.1 cm³/mol. The van der Waals surface area contributed by atoms with E-state index in [2.05, 4.69) is 30.1 Å². The fourth-order valence-electron chi connectivity index (χ4n) is 1.80. The summed E-state index contributed by atoms with van der Waals surface area (Å²) < 4.78 is 0. The Labute approximate surface area is 106 Å². The van der Waals surface area contributed by atoms with Gasteiger partial charge in [-0.2, -0.15) is 0 Å². The van der Waals surface area contributed by atoms with Gasteiger partial charge in [0.25, 0.3) is 0 Å². The van der Waals surface area contributed by atoms with Gasteiger partial charge in [0.1, 0.15) is 0 Å². The SMILES string of the molecule is Cc1cccc(CC(N)c2ccc(Cl)cn2)c1. The van der Waals surface area contributed by atoms with E-state index in [0.29, 0.717) is 5.02 Å². The summed E-state index contributed by atoms with van der Waals surface area (Å²) in [5.74, 6) is 0. The number of aryl methyl sites for hydroxylation is 1. The van der Waals surface area contributed by atoms with Crippen LogP contribution in [0.3, 0.4) is 0 Å². The molecule has 0 aliphatic carbocycles. The number of rotatable bonds is 3. The topological polar surface area (TPSA) is 38.9 Å². The molecule has 1 unspecified atom stereocenters. The zero-order valence-electron chi connectivity index (χ0n) is 9.73. The molecule has 0 spiro atoms. The normalized spacial score (nSPS) is 12.4. The van der Waals surface area contributed by atoms with Gasteiger partial charge in [0.2, 0.25) is 0 Å². The highest BCUT2D eigenvalue weighted by Crippen LogP contribution is 2.16. The fourth-order valence-corrected chi connectivity index (χ4v) is 1.92. The van der Waals surface area contributed by atoms with Crippen molar-refractivity contribution < 1.29 is 0 Å². The van der Waals surface area contributed by atoms with Crippen LogP contribution < -0.4 is 5.73 Å². The van der Waals surface area contributed by atoms with Crippen molar-refractivity contribution in [3.8, 4) is 0 Å². The predicted octanol–water partition coefficient (Wildman–Crippen LogP) is 3.29. The molecule has 2 nitrogen and oxygen atoms in total. The fraction of sp³-hybridized carbons (Fsp3) is 0.214. The smallest absolute Gasteiger partial charge is 0.0589 e. The molecule has 0 saturated heterocycles. The summed E-state index contributed by atoms with van der Waals surface area (Å²) in [6.45, 7) is 2.08. The molecule has 1 aromatic carbocycles. The van der Waals surface area contributed by atoms with E-state index >= 15 is 0 Å². The van der Waals surface area contributed by atoms with Crippen molar-refractivity contribution in [1.29, 1.82) is 0 Å². The molecule has 2 aromatic rings. The molecule has 0 amide bonds. The molecule has 1 heterocycles. The molecule has 1 atom stereocenters. The molecule has 17 heavy (non-hydrogen) atoms. The number of nitrogens with two attached hydrogens (primary N) is 1. The summed E-state index contributed by atoms with van der Waals surface area (Å²) in [5.41, 5.74) is 9.47. The van der Waals surface area contributed by atoms with E-state index in [9.17, 15) is 0 Å². The molecular formula is C14H15ClN2. The summed E-state index contributed by atoms with van der Waals surface area (Å²) in [6.07, 6.45) is 2.42. The average molecular weight is 247 g/mol. The zero-order chi connectivity index (χ0) is 12.3. The quantitative estimate of drug-likeness (QED) is 0.903. The average Bonchev–Trinajstić information content (AvgIpc) is 2.29. The Morgan fingerprint density at radius 1 is 1.29 bits per heavy atom. The molecule has 0 fully saturated rings. The van der Waals surface area contributed by atoms with Crippen molar-refractivity contribution in [2.45, 2.75) is 19.4 Å². The van der Waals surface area contributed by atoms with Gasteiger partial charge in [-0.25, -0.2) is 0 Å². The lowest BCUT2D eigenvalue weighted by molar-refractivity contribution is 0.696. The van der Waals surface area contributed by atoms with Gasteiger partial charge in [0.05, 0.1) is 16.8 Å². The number of nitrogens with zero attached hydrogens (tertiary/aromatic N) is 1. The molecule has 0 aliphatic heterocycles. The van der Waals surface area contributed by atoms with Crippen LogP contribution in [-0.2, 0) is 6.42 Å². The Kier molecular flexibility index (Phi) is 3.77. The van der Waals surface area contributed by atoms with Crippen molar-refractivity contribution in [3.05, 3.63) is 64.4 Å². The number of benzene rings is 1. The maximum Gasteiger partial charge on any atom is 0.0589 e. The van der Waals surface area contributed by atoms with Gasteiger partial charge in [-0.3, -0.25) is 4.98 Å². The van der Waals surface area contributed by atoms with Crippen LogP contribution in [0.2, 0.25) is 5.02 Å². The van der Waals surface area contributed by atoms with Crippen molar-refractivity contribution in [2.75, 3.05) is 0 Å². The summed E-state index contributed by atoms with van der Waals surface area (Å²) >= 11 is 5.79. The number of hydrogen-bond acceptors (Lipinski definition) is 2. The van der Waals surface area contributed by atoms with Gasteiger partial charge in [-0.05, 0) is 31.0 Å². The largest absolute Gasteiger partial charge is 0.322 e. The molecule has 2 N–H and O–H groups in total. The van der Waals surface area contributed by atoms with Crippen LogP contribution in [0.1, 0.15) is 22.9 Å². The van der Waals surface area contributed by atoms with Crippen molar-refractivity contribution >= 4 is 11.6 Å². The first-order valence-corrected chi connectivity index (χ1v) is 5.95. The van der Waals surface area contributed by atoms with Gasteiger partial charge in [-0.1, -0.05) is 41.4 Å². The Bertz CT molecular complexity index is 494. The van der Waals surface area contributed by atoms with E-state index in [1.807, 2.05) is 18.2 Å². The van der Waals surface area contributed by atoms with Crippen LogP contribution in [0.4, 0.5) is 0 Å².